The van der Waals surface area contributed by atoms with E-state index in [1.165, 1.54) is 14.7 Å². The second-order valence-electron chi connectivity index (χ2n) is 4.72. The molecule has 0 saturated heterocycles. The lowest BCUT2D eigenvalue weighted by Crippen LogP contribution is -2.20. The lowest BCUT2D eigenvalue weighted by Gasteiger charge is -2.20. The van der Waals surface area contributed by atoms with E-state index in [-0.39, 0.29) is 6.04 Å². The number of nitrogens with one attached hydrogen (secondary N) is 1. The Morgan fingerprint density at radius 1 is 1.10 bits per heavy atom. The highest BCUT2D eigenvalue weighted by Crippen LogP contribution is 2.31. The zero-order chi connectivity index (χ0) is 14.7. The van der Waals surface area contributed by atoms with Crippen LogP contribution >= 0.6 is 45.8 Å². The molecule has 0 saturated carbocycles. The molecule has 0 aliphatic rings. The number of hydrogen-bond acceptors (Lipinski definition) is 1. The van der Waals surface area contributed by atoms with Gasteiger partial charge in [-0.3, -0.25) is 0 Å². The summed E-state index contributed by atoms with van der Waals surface area (Å²) in [5, 5.41) is 4.81. The molecule has 0 amide bonds. The molecule has 20 heavy (non-hydrogen) atoms. The van der Waals surface area contributed by atoms with E-state index in [2.05, 4.69) is 53.0 Å². The fraction of sp³-hybridized carbons (Fsp3) is 0.250. The van der Waals surface area contributed by atoms with Crippen molar-refractivity contribution in [1.29, 1.82) is 0 Å². The van der Waals surface area contributed by atoms with E-state index >= 15 is 0 Å². The van der Waals surface area contributed by atoms with Crippen LogP contribution in [0.25, 0.3) is 0 Å². The second kappa shape index (κ2) is 7.12. The first-order chi connectivity index (χ1) is 9.54. The molecule has 0 heterocycles. The number of benzene rings is 2. The number of aryl methyl sites for hydroxylation is 1. The fourth-order valence-electron chi connectivity index (χ4n) is 2.24. The quantitative estimate of drug-likeness (QED) is 0.653. The first-order valence-electron chi connectivity index (χ1n) is 6.39. The molecule has 0 bridgehead atoms. The Bertz CT molecular complexity index is 593. The number of hydrogen-bond donors (Lipinski definition) is 1. The van der Waals surface area contributed by atoms with E-state index in [1.54, 1.807) is 0 Å². The van der Waals surface area contributed by atoms with E-state index in [0.717, 1.165) is 22.0 Å². The summed E-state index contributed by atoms with van der Waals surface area (Å²) in [6.07, 6.45) is 0.772. The monoisotopic (exact) mass is 419 g/mol. The zero-order valence-corrected chi connectivity index (χ0v) is 15.1. The minimum Gasteiger partial charge on any atom is -0.313 e. The van der Waals surface area contributed by atoms with Gasteiger partial charge < -0.3 is 5.32 Å². The van der Waals surface area contributed by atoms with Crippen molar-refractivity contribution >= 4 is 45.8 Å². The predicted octanol–water partition coefficient (Wildman–Crippen LogP) is 5.41. The van der Waals surface area contributed by atoms with Crippen LogP contribution in [0.4, 0.5) is 0 Å². The van der Waals surface area contributed by atoms with Gasteiger partial charge in [-0.15, -0.1) is 0 Å². The maximum Gasteiger partial charge on any atom is 0.0453 e. The molecular formula is C16H16Cl2IN. The summed E-state index contributed by atoms with van der Waals surface area (Å²) in [5.41, 5.74) is 3.56. The topological polar surface area (TPSA) is 12.0 Å². The highest BCUT2D eigenvalue weighted by molar-refractivity contribution is 14.1. The molecule has 2 rings (SSSR count). The summed E-state index contributed by atoms with van der Waals surface area (Å²) in [7, 11) is 1.97. The van der Waals surface area contributed by atoms with Crippen LogP contribution in [0.1, 0.15) is 22.7 Å². The van der Waals surface area contributed by atoms with Gasteiger partial charge in [0, 0.05) is 19.7 Å². The minimum atomic E-state index is 0.194. The van der Waals surface area contributed by atoms with Crippen molar-refractivity contribution in [2.45, 2.75) is 19.4 Å². The van der Waals surface area contributed by atoms with Crippen molar-refractivity contribution in [2.24, 2.45) is 0 Å². The molecule has 0 aliphatic carbocycles. The molecule has 0 fully saturated rings. The smallest absolute Gasteiger partial charge is 0.0453 e. The van der Waals surface area contributed by atoms with E-state index in [9.17, 15) is 0 Å². The average Bonchev–Trinajstić information content (AvgIpc) is 2.42. The van der Waals surface area contributed by atoms with Crippen LogP contribution in [-0.2, 0) is 6.42 Å². The van der Waals surface area contributed by atoms with Crippen LogP contribution in [0.2, 0.25) is 10.0 Å². The van der Waals surface area contributed by atoms with Crippen molar-refractivity contribution in [1.82, 2.24) is 5.32 Å². The van der Waals surface area contributed by atoms with E-state index < -0.39 is 0 Å². The van der Waals surface area contributed by atoms with Crippen LogP contribution in [0.5, 0.6) is 0 Å². The van der Waals surface area contributed by atoms with Crippen molar-refractivity contribution in [3.63, 3.8) is 0 Å². The first kappa shape index (κ1) is 16.1. The summed E-state index contributed by atoms with van der Waals surface area (Å²) < 4.78 is 1.28. The Labute approximate surface area is 143 Å². The van der Waals surface area contributed by atoms with Gasteiger partial charge in [0.25, 0.3) is 0 Å². The maximum absolute atomic E-state index is 6.27. The molecule has 2 aromatic carbocycles. The lowest BCUT2D eigenvalue weighted by atomic mass is 9.97. The average molecular weight is 420 g/mol. The molecule has 0 aliphatic heterocycles. The number of halogens is 3. The van der Waals surface area contributed by atoms with Gasteiger partial charge in [0.15, 0.2) is 0 Å². The molecule has 1 N–H and O–H groups in total. The lowest BCUT2D eigenvalue weighted by molar-refractivity contribution is 0.589. The van der Waals surface area contributed by atoms with Crippen molar-refractivity contribution < 1.29 is 0 Å². The fourth-order valence-corrected chi connectivity index (χ4v) is 3.53. The summed E-state index contributed by atoms with van der Waals surface area (Å²) in [5.74, 6) is 0. The summed E-state index contributed by atoms with van der Waals surface area (Å²) in [6, 6.07) is 12.2. The molecular weight excluding hydrogens is 404 g/mol. The largest absolute Gasteiger partial charge is 0.313 e. The van der Waals surface area contributed by atoms with Gasteiger partial charge in [-0.25, -0.2) is 0 Å². The highest BCUT2D eigenvalue weighted by atomic mass is 127. The van der Waals surface area contributed by atoms with Crippen LogP contribution in [-0.4, -0.2) is 7.05 Å². The SMILES string of the molecule is CNC(Cc1c(Cl)cccc1Cl)c1cccc(C)c1I. The molecule has 0 spiro atoms. The van der Waals surface area contributed by atoms with Crippen molar-refractivity contribution in [3.8, 4) is 0 Å². The molecule has 0 radical (unpaired) electrons. The predicted molar refractivity (Wildman–Crippen MR) is 95.9 cm³/mol. The molecule has 4 heteroatoms. The van der Waals surface area contributed by atoms with E-state index in [4.69, 9.17) is 23.2 Å². The first-order valence-corrected chi connectivity index (χ1v) is 8.23. The summed E-state index contributed by atoms with van der Waals surface area (Å²) in [4.78, 5) is 0. The zero-order valence-electron chi connectivity index (χ0n) is 11.4. The highest BCUT2D eigenvalue weighted by Gasteiger charge is 2.17. The van der Waals surface area contributed by atoms with Crippen molar-refractivity contribution in [2.75, 3.05) is 7.05 Å². The molecule has 1 unspecified atom stereocenters. The van der Waals surface area contributed by atoms with E-state index in [0.29, 0.717) is 0 Å². The van der Waals surface area contributed by atoms with Gasteiger partial charge in [-0.2, -0.15) is 0 Å². The van der Waals surface area contributed by atoms with E-state index in [1.807, 2.05) is 25.2 Å². The Kier molecular flexibility index (Phi) is 5.73. The Balaban J connectivity index is 2.37. The van der Waals surface area contributed by atoms with Crippen LogP contribution in [0.3, 0.4) is 0 Å². The number of likely N-dealkylation sites (N-methyl/N-ethyl adjacent to an activating group) is 1. The summed E-state index contributed by atoms with van der Waals surface area (Å²) >= 11 is 14.9. The van der Waals surface area contributed by atoms with Crippen molar-refractivity contribution in [3.05, 3.63) is 66.7 Å². The molecule has 1 nitrogen and oxygen atoms in total. The summed E-state index contributed by atoms with van der Waals surface area (Å²) in [6.45, 7) is 2.13. The Hall–Kier alpha value is -0.290. The number of rotatable bonds is 4. The third-order valence-corrected chi connectivity index (χ3v) is 5.60. The van der Waals surface area contributed by atoms with Gasteiger partial charge in [-0.1, -0.05) is 47.5 Å². The van der Waals surface area contributed by atoms with Gasteiger partial charge >= 0.3 is 0 Å². The standard InChI is InChI=1S/C16H16Cl2IN/c1-10-5-3-6-11(16(10)19)15(20-2)9-12-13(17)7-4-8-14(12)18/h3-8,15,20H,9H2,1-2H3. The Morgan fingerprint density at radius 2 is 1.70 bits per heavy atom. The van der Waals surface area contributed by atoms with Gasteiger partial charge in [-0.05, 0) is 71.8 Å². The third kappa shape index (κ3) is 3.48. The third-order valence-electron chi connectivity index (χ3n) is 3.42. The minimum absolute atomic E-state index is 0.194. The van der Waals surface area contributed by atoms with Gasteiger partial charge in [0.1, 0.15) is 0 Å². The molecule has 106 valence electrons. The van der Waals surface area contributed by atoms with Gasteiger partial charge in [0.05, 0.1) is 0 Å². The molecule has 0 aromatic heterocycles. The molecule has 1 atom stereocenters. The van der Waals surface area contributed by atoms with Crippen LogP contribution in [0.15, 0.2) is 36.4 Å². The normalized spacial score (nSPS) is 12.4. The molecule has 2 aromatic rings. The Morgan fingerprint density at radius 3 is 2.30 bits per heavy atom. The maximum atomic E-state index is 6.27. The van der Waals surface area contributed by atoms with Gasteiger partial charge in [0.2, 0.25) is 0 Å². The van der Waals surface area contributed by atoms with Crippen LogP contribution < -0.4 is 5.32 Å². The van der Waals surface area contributed by atoms with Crippen LogP contribution in [0, 0.1) is 10.5 Å². The second-order valence-corrected chi connectivity index (χ2v) is 6.62.